The second kappa shape index (κ2) is 10.3. The molecule has 2 N–H and O–H groups in total. The van der Waals surface area contributed by atoms with Gasteiger partial charge in [0.1, 0.15) is 0 Å². The summed E-state index contributed by atoms with van der Waals surface area (Å²) in [6.07, 6.45) is 3.64. The van der Waals surface area contributed by atoms with Crippen LogP contribution < -0.4 is 10.6 Å². The van der Waals surface area contributed by atoms with Crippen LogP contribution in [0.15, 0.2) is 29.2 Å². The molecule has 1 atom stereocenters. The maximum atomic E-state index is 11.9. The third kappa shape index (κ3) is 7.45. The zero-order valence-electron chi connectivity index (χ0n) is 15.1. The van der Waals surface area contributed by atoms with Crippen molar-refractivity contribution in [2.45, 2.75) is 50.3 Å². The molecule has 1 heterocycles. The Bertz CT molecular complexity index is 493. The lowest BCUT2D eigenvalue weighted by Crippen LogP contribution is -2.33. The lowest BCUT2D eigenvalue weighted by molar-refractivity contribution is -0.118. The summed E-state index contributed by atoms with van der Waals surface area (Å²) in [6, 6.07) is 8.56. The van der Waals surface area contributed by atoms with Crippen LogP contribution in [0.1, 0.15) is 45.6 Å². The normalized spacial score (nSPS) is 17.9. The number of thioether (sulfide) groups is 1. The van der Waals surface area contributed by atoms with Gasteiger partial charge in [-0.05, 0) is 61.4 Å². The Labute approximate surface area is 157 Å². The number of piperidine rings is 1. The van der Waals surface area contributed by atoms with Crippen LogP contribution in [-0.4, -0.2) is 31.3 Å². The Kier molecular flexibility index (Phi) is 9.17. The SMILES string of the molecule is CC(C)(C)c1ccc(SCC(=O)NCCC2CCCNC2)cc1.Cl. The minimum Gasteiger partial charge on any atom is -0.355 e. The Morgan fingerprint density at radius 3 is 2.58 bits per heavy atom. The highest BCUT2D eigenvalue weighted by molar-refractivity contribution is 8.00. The van der Waals surface area contributed by atoms with Gasteiger partial charge in [-0.1, -0.05) is 32.9 Å². The molecule has 1 aromatic rings. The molecule has 0 bridgehead atoms. The van der Waals surface area contributed by atoms with Gasteiger partial charge in [-0.3, -0.25) is 4.79 Å². The van der Waals surface area contributed by atoms with Crippen molar-refractivity contribution in [1.29, 1.82) is 0 Å². The molecule has 1 amide bonds. The highest BCUT2D eigenvalue weighted by Gasteiger charge is 2.14. The molecule has 24 heavy (non-hydrogen) atoms. The Morgan fingerprint density at radius 2 is 2.00 bits per heavy atom. The number of benzene rings is 1. The first-order chi connectivity index (χ1) is 10.9. The van der Waals surface area contributed by atoms with E-state index in [1.807, 2.05) is 0 Å². The first kappa shape index (κ1) is 21.3. The van der Waals surface area contributed by atoms with Gasteiger partial charge in [-0.15, -0.1) is 24.2 Å². The van der Waals surface area contributed by atoms with Crippen molar-refractivity contribution in [1.82, 2.24) is 10.6 Å². The fourth-order valence-electron chi connectivity index (χ4n) is 2.84. The van der Waals surface area contributed by atoms with Crippen LogP contribution in [0.25, 0.3) is 0 Å². The molecule has 0 saturated carbocycles. The van der Waals surface area contributed by atoms with Crippen LogP contribution in [0.3, 0.4) is 0 Å². The molecule has 0 spiro atoms. The van der Waals surface area contributed by atoms with E-state index in [2.05, 4.69) is 55.7 Å². The summed E-state index contributed by atoms with van der Waals surface area (Å²) in [6.45, 7) is 9.69. The average Bonchev–Trinajstić information content (AvgIpc) is 2.53. The molecule has 0 radical (unpaired) electrons. The molecule has 136 valence electrons. The van der Waals surface area contributed by atoms with Gasteiger partial charge in [0.15, 0.2) is 0 Å². The summed E-state index contributed by atoms with van der Waals surface area (Å²) in [5.41, 5.74) is 1.50. The fraction of sp³-hybridized carbons (Fsp3) is 0.632. The van der Waals surface area contributed by atoms with Gasteiger partial charge in [0.25, 0.3) is 0 Å². The molecule has 5 heteroatoms. The van der Waals surface area contributed by atoms with Crippen LogP contribution >= 0.6 is 24.2 Å². The summed E-state index contributed by atoms with van der Waals surface area (Å²) in [5, 5.41) is 6.47. The van der Waals surface area contributed by atoms with Crippen LogP contribution in [0.2, 0.25) is 0 Å². The third-order valence-electron chi connectivity index (χ3n) is 4.36. The van der Waals surface area contributed by atoms with Crippen molar-refractivity contribution in [3.05, 3.63) is 29.8 Å². The summed E-state index contributed by atoms with van der Waals surface area (Å²) >= 11 is 1.61. The second-order valence-corrected chi connectivity index (χ2v) is 8.46. The molecule has 1 aromatic carbocycles. The highest BCUT2D eigenvalue weighted by Crippen LogP contribution is 2.25. The summed E-state index contributed by atoms with van der Waals surface area (Å²) in [4.78, 5) is 13.1. The quantitative estimate of drug-likeness (QED) is 0.743. The molecule has 3 nitrogen and oxygen atoms in total. The third-order valence-corrected chi connectivity index (χ3v) is 5.38. The van der Waals surface area contributed by atoms with Crippen molar-refractivity contribution in [2.75, 3.05) is 25.4 Å². The molecule has 1 unspecified atom stereocenters. The van der Waals surface area contributed by atoms with Gasteiger partial charge >= 0.3 is 0 Å². The van der Waals surface area contributed by atoms with Crippen molar-refractivity contribution in [3.8, 4) is 0 Å². The lowest BCUT2D eigenvalue weighted by Gasteiger charge is -2.22. The highest BCUT2D eigenvalue weighted by atomic mass is 35.5. The van der Waals surface area contributed by atoms with Crippen molar-refractivity contribution >= 4 is 30.1 Å². The van der Waals surface area contributed by atoms with Gasteiger partial charge in [-0.25, -0.2) is 0 Å². The summed E-state index contributed by atoms with van der Waals surface area (Å²) in [7, 11) is 0. The predicted molar refractivity (Wildman–Crippen MR) is 106 cm³/mol. The number of carbonyl (C=O) groups excluding carboxylic acids is 1. The van der Waals surface area contributed by atoms with E-state index in [1.54, 1.807) is 11.8 Å². The lowest BCUT2D eigenvalue weighted by atomic mass is 9.87. The smallest absolute Gasteiger partial charge is 0.230 e. The summed E-state index contributed by atoms with van der Waals surface area (Å²) < 4.78 is 0. The van der Waals surface area contributed by atoms with E-state index in [9.17, 15) is 4.79 Å². The van der Waals surface area contributed by atoms with E-state index in [1.165, 1.54) is 18.4 Å². The number of halogens is 1. The molecule has 0 aliphatic carbocycles. The van der Waals surface area contributed by atoms with Crippen LogP contribution in [0, 0.1) is 5.92 Å². The Balaban J connectivity index is 0.00000288. The molecule has 0 aromatic heterocycles. The molecular formula is C19H31ClN2OS. The number of hydrogen-bond donors (Lipinski definition) is 2. The monoisotopic (exact) mass is 370 g/mol. The van der Waals surface area contributed by atoms with E-state index < -0.39 is 0 Å². The number of nitrogens with one attached hydrogen (secondary N) is 2. The number of amides is 1. The topological polar surface area (TPSA) is 41.1 Å². The van der Waals surface area contributed by atoms with Gasteiger partial charge in [0.2, 0.25) is 5.91 Å². The van der Waals surface area contributed by atoms with E-state index >= 15 is 0 Å². The Morgan fingerprint density at radius 1 is 1.29 bits per heavy atom. The van der Waals surface area contributed by atoms with E-state index in [4.69, 9.17) is 0 Å². The number of carbonyl (C=O) groups is 1. The number of rotatable bonds is 6. The molecule has 2 rings (SSSR count). The minimum atomic E-state index is 0. The Hall–Kier alpha value is -0.710. The van der Waals surface area contributed by atoms with E-state index in [0.29, 0.717) is 5.75 Å². The van der Waals surface area contributed by atoms with Gasteiger partial charge in [-0.2, -0.15) is 0 Å². The fourth-order valence-corrected chi connectivity index (χ4v) is 3.57. The average molecular weight is 371 g/mol. The molecule has 1 fully saturated rings. The minimum absolute atomic E-state index is 0. The number of hydrogen-bond acceptors (Lipinski definition) is 3. The summed E-state index contributed by atoms with van der Waals surface area (Å²) in [5.74, 6) is 1.36. The van der Waals surface area contributed by atoms with Gasteiger partial charge in [0.05, 0.1) is 5.75 Å². The van der Waals surface area contributed by atoms with Crippen LogP contribution in [0.5, 0.6) is 0 Å². The zero-order chi connectivity index (χ0) is 16.7. The molecule has 1 saturated heterocycles. The van der Waals surface area contributed by atoms with Crippen molar-refractivity contribution in [3.63, 3.8) is 0 Å². The van der Waals surface area contributed by atoms with Gasteiger partial charge in [0, 0.05) is 11.4 Å². The predicted octanol–water partition coefficient (Wildman–Crippen LogP) is 4.00. The maximum Gasteiger partial charge on any atom is 0.230 e. The van der Waals surface area contributed by atoms with E-state index in [0.717, 1.165) is 36.9 Å². The first-order valence-corrected chi connectivity index (χ1v) is 9.64. The van der Waals surface area contributed by atoms with Gasteiger partial charge < -0.3 is 10.6 Å². The molecular weight excluding hydrogens is 340 g/mol. The standard InChI is InChI=1S/C19H30N2OS.ClH/c1-19(2,3)16-6-8-17(9-7-16)23-14-18(22)21-12-10-15-5-4-11-20-13-15;/h6-9,15,20H,4-5,10-14H2,1-3H3,(H,21,22);1H. The molecule has 1 aliphatic rings. The maximum absolute atomic E-state index is 11.9. The van der Waals surface area contributed by atoms with Crippen LogP contribution in [0.4, 0.5) is 0 Å². The first-order valence-electron chi connectivity index (χ1n) is 8.66. The van der Waals surface area contributed by atoms with Crippen LogP contribution in [-0.2, 0) is 10.2 Å². The van der Waals surface area contributed by atoms with Crippen molar-refractivity contribution < 1.29 is 4.79 Å². The van der Waals surface area contributed by atoms with E-state index in [-0.39, 0.29) is 23.7 Å². The largest absolute Gasteiger partial charge is 0.355 e. The zero-order valence-corrected chi connectivity index (χ0v) is 16.7. The second-order valence-electron chi connectivity index (χ2n) is 7.41. The van der Waals surface area contributed by atoms with Crippen molar-refractivity contribution in [2.24, 2.45) is 5.92 Å². The molecule has 1 aliphatic heterocycles.